The number of carbonyl (C=O) groups is 1. The van der Waals surface area contributed by atoms with E-state index in [0.29, 0.717) is 6.61 Å². The minimum atomic E-state index is -0.133. The van der Waals surface area contributed by atoms with Crippen LogP contribution < -0.4 is 14.8 Å². The number of hydrogen-bond donors (Lipinski definition) is 1. The predicted molar refractivity (Wildman–Crippen MR) is 123 cm³/mol. The first kappa shape index (κ1) is 21.7. The molecular weight excluding hydrogens is 390 g/mol. The van der Waals surface area contributed by atoms with Crippen LogP contribution in [0.1, 0.15) is 24.5 Å². The summed E-state index contributed by atoms with van der Waals surface area (Å²) >= 11 is 0. The molecule has 0 bridgehead atoms. The number of nitrogens with one attached hydrogen (secondary N) is 1. The molecule has 2 aliphatic rings. The molecule has 2 aromatic rings. The van der Waals surface area contributed by atoms with Crippen LogP contribution in [0.4, 0.5) is 5.69 Å². The van der Waals surface area contributed by atoms with Crippen molar-refractivity contribution in [2.45, 2.75) is 32.2 Å². The Morgan fingerprint density at radius 1 is 1.00 bits per heavy atom. The summed E-state index contributed by atoms with van der Waals surface area (Å²) in [4.78, 5) is 17.4. The number of carbonyl (C=O) groups excluding carboxylic acids is 1. The fraction of sp³-hybridized carbons (Fsp3) is 0.480. The lowest BCUT2D eigenvalue weighted by Gasteiger charge is -2.37. The van der Waals surface area contributed by atoms with Crippen molar-refractivity contribution in [1.29, 1.82) is 0 Å². The summed E-state index contributed by atoms with van der Waals surface area (Å²) < 4.78 is 11.0. The number of methoxy groups -OCH3 is 1. The standard InChI is InChI=1S/C25H33N3O3/c1-19(25(29)26-22-7-6-20-4-3-5-21(20)18-22)28-14-12-27(13-15-28)16-17-31-24-10-8-23(30-2)9-11-24/h6-11,18-19H,3-5,12-17H2,1-2H3,(H,26,29)/t19-/m0/s1. The van der Waals surface area contributed by atoms with Crippen LogP contribution in [0.25, 0.3) is 0 Å². The van der Waals surface area contributed by atoms with E-state index in [0.717, 1.165) is 62.8 Å². The maximum absolute atomic E-state index is 12.8. The first-order valence-electron chi connectivity index (χ1n) is 11.3. The number of fused-ring (bicyclic) bond motifs is 1. The van der Waals surface area contributed by atoms with Crippen molar-refractivity contribution in [1.82, 2.24) is 9.80 Å². The monoisotopic (exact) mass is 423 g/mol. The van der Waals surface area contributed by atoms with Crippen LogP contribution in [0.2, 0.25) is 0 Å². The maximum atomic E-state index is 12.8. The van der Waals surface area contributed by atoms with Crippen molar-refractivity contribution in [3.8, 4) is 11.5 Å². The number of anilines is 1. The second kappa shape index (κ2) is 10.2. The van der Waals surface area contributed by atoms with Gasteiger partial charge in [0.1, 0.15) is 18.1 Å². The Bertz CT molecular complexity index is 876. The van der Waals surface area contributed by atoms with Gasteiger partial charge in [-0.3, -0.25) is 14.6 Å². The smallest absolute Gasteiger partial charge is 0.241 e. The summed E-state index contributed by atoms with van der Waals surface area (Å²) in [6, 6.07) is 13.9. The lowest BCUT2D eigenvalue weighted by molar-refractivity contribution is -0.121. The van der Waals surface area contributed by atoms with E-state index in [-0.39, 0.29) is 11.9 Å². The molecule has 31 heavy (non-hydrogen) atoms. The Kier molecular flexibility index (Phi) is 7.10. The van der Waals surface area contributed by atoms with E-state index in [1.54, 1.807) is 7.11 Å². The van der Waals surface area contributed by atoms with Crippen molar-refractivity contribution in [3.63, 3.8) is 0 Å². The maximum Gasteiger partial charge on any atom is 0.241 e. The quantitative estimate of drug-likeness (QED) is 0.707. The molecule has 1 aliphatic carbocycles. The van der Waals surface area contributed by atoms with Crippen molar-refractivity contribution >= 4 is 11.6 Å². The minimum Gasteiger partial charge on any atom is -0.497 e. The van der Waals surface area contributed by atoms with Gasteiger partial charge in [-0.25, -0.2) is 0 Å². The lowest BCUT2D eigenvalue weighted by atomic mass is 10.1. The third kappa shape index (κ3) is 5.57. The van der Waals surface area contributed by atoms with Gasteiger partial charge in [0.25, 0.3) is 0 Å². The summed E-state index contributed by atoms with van der Waals surface area (Å²) in [5.74, 6) is 1.77. The summed E-state index contributed by atoms with van der Waals surface area (Å²) in [5.41, 5.74) is 3.74. The van der Waals surface area contributed by atoms with Gasteiger partial charge in [0.15, 0.2) is 0 Å². The average Bonchev–Trinajstić information content (AvgIpc) is 3.27. The summed E-state index contributed by atoms with van der Waals surface area (Å²) in [5, 5.41) is 3.12. The minimum absolute atomic E-state index is 0.0780. The second-order valence-electron chi connectivity index (χ2n) is 8.40. The molecule has 0 spiro atoms. The van der Waals surface area contributed by atoms with Crippen molar-refractivity contribution in [2.24, 2.45) is 0 Å². The summed E-state index contributed by atoms with van der Waals surface area (Å²) in [7, 11) is 1.66. The highest BCUT2D eigenvalue weighted by atomic mass is 16.5. The molecule has 166 valence electrons. The average molecular weight is 424 g/mol. The van der Waals surface area contributed by atoms with E-state index >= 15 is 0 Å². The molecule has 0 saturated carbocycles. The molecule has 1 saturated heterocycles. The fourth-order valence-electron chi connectivity index (χ4n) is 4.40. The Labute approximate surface area is 185 Å². The van der Waals surface area contributed by atoms with E-state index in [1.165, 1.54) is 17.5 Å². The molecule has 6 heteroatoms. The van der Waals surface area contributed by atoms with Gasteiger partial charge in [0, 0.05) is 38.4 Å². The van der Waals surface area contributed by atoms with Crippen LogP contribution in [0.5, 0.6) is 11.5 Å². The fourth-order valence-corrected chi connectivity index (χ4v) is 4.40. The van der Waals surface area contributed by atoms with Gasteiger partial charge < -0.3 is 14.8 Å². The number of aryl methyl sites for hydroxylation is 2. The number of rotatable bonds is 8. The summed E-state index contributed by atoms with van der Waals surface area (Å²) in [6.45, 7) is 7.22. The topological polar surface area (TPSA) is 54.0 Å². The van der Waals surface area contributed by atoms with Gasteiger partial charge in [-0.15, -0.1) is 0 Å². The first-order chi connectivity index (χ1) is 15.1. The molecule has 1 atom stereocenters. The van der Waals surface area contributed by atoms with Gasteiger partial charge >= 0.3 is 0 Å². The highest BCUT2D eigenvalue weighted by molar-refractivity contribution is 5.94. The molecule has 0 unspecified atom stereocenters. The van der Waals surface area contributed by atoms with Crippen LogP contribution in [0.15, 0.2) is 42.5 Å². The SMILES string of the molecule is COc1ccc(OCCN2CCN([C@@H](C)C(=O)Nc3ccc4c(c3)CCC4)CC2)cc1. The van der Waals surface area contributed by atoms with Gasteiger partial charge in [-0.2, -0.15) is 0 Å². The van der Waals surface area contributed by atoms with E-state index in [4.69, 9.17) is 9.47 Å². The van der Waals surface area contributed by atoms with E-state index < -0.39 is 0 Å². The lowest BCUT2D eigenvalue weighted by Crippen LogP contribution is -2.53. The van der Waals surface area contributed by atoms with Crippen molar-refractivity contribution < 1.29 is 14.3 Å². The first-order valence-corrected chi connectivity index (χ1v) is 11.3. The molecule has 1 fully saturated rings. The number of nitrogens with zero attached hydrogens (tertiary/aromatic N) is 2. The largest absolute Gasteiger partial charge is 0.497 e. The molecule has 1 N–H and O–H groups in total. The Morgan fingerprint density at radius 3 is 2.45 bits per heavy atom. The molecule has 0 radical (unpaired) electrons. The number of benzene rings is 2. The molecule has 4 rings (SSSR count). The van der Waals surface area contributed by atoms with Crippen LogP contribution >= 0.6 is 0 Å². The van der Waals surface area contributed by atoms with Crippen molar-refractivity contribution in [2.75, 3.05) is 51.8 Å². The van der Waals surface area contributed by atoms with Crippen LogP contribution in [-0.4, -0.2) is 68.2 Å². The zero-order valence-electron chi connectivity index (χ0n) is 18.6. The van der Waals surface area contributed by atoms with Crippen LogP contribution in [-0.2, 0) is 17.6 Å². The normalized spacial score (nSPS) is 17.7. The van der Waals surface area contributed by atoms with Crippen molar-refractivity contribution in [3.05, 3.63) is 53.6 Å². The molecule has 1 heterocycles. The van der Waals surface area contributed by atoms with E-state index in [1.807, 2.05) is 37.3 Å². The molecule has 2 aromatic carbocycles. The van der Waals surface area contributed by atoms with Crippen LogP contribution in [0, 0.1) is 0 Å². The van der Waals surface area contributed by atoms with Gasteiger partial charge in [-0.1, -0.05) is 6.07 Å². The van der Waals surface area contributed by atoms with Gasteiger partial charge in [0.05, 0.1) is 13.2 Å². The zero-order chi connectivity index (χ0) is 21.6. The molecule has 1 amide bonds. The number of hydrogen-bond acceptors (Lipinski definition) is 5. The molecule has 1 aliphatic heterocycles. The third-order valence-electron chi connectivity index (χ3n) is 6.44. The second-order valence-corrected chi connectivity index (χ2v) is 8.40. The Hall–Kier alpha value is -2.57. The third-order valence-corrected chi connectivity index (χ3v) is 6.44. The highest BCUT2D eigenvalue weighted by Crippen LogP contribution is 2.25. The summed E-state index contributed by atoms with van der Waals surface area (Å²) in [6.07, 6.45) is 3.51. The Morgan fingerprint density at radius 2 is 1.71 bits per heavy atom. The number of amides is 1. The zero-order valence-corrected chi connectivity index (χ0v) is 18.6. The predicted octanol–water partition coefficient (Wildman–Crippen LogP) is 3.21. The molecular formula is C25H33N3O3. The van der Waals surface area contributed by atoms with Crippen LogP contribution in [0.3, 0.4) is 0 Å². The number of ether oxygens (including phenoxy) is 2. The molecule has 6 nitrogen and oxygen atoms in total. The van der Waals surface area contributed by atoms with E-state index in [2.05, 4.69) is 27.2 Å². The number of piperazine rings is 1. The highest BCUT2D eigenvalue weighted by Gasteiger charge is 2.25. The van der Waals surface area contributed by atoms with Gasteiger partial charge in [0.2, 0.25) is 5.91 Å². The van der Waals surface area contributed by atoms with Gasteiger partial charge in [-0.05, 0) is 73.7 Å². The van der Waals surface area contributed by atoms with E-state index in [9.17, 15) is 4.79 Å². The Balaban J connectivity index is 1.18. The molecule has 0 aromatic heterocycles.